The van der Waals surface area contributed by atoms with Crippen molar-refractivity contribution in [3.05, 3.63) is 66.6 Å². The molecule has 0 radical (unpaired) electrons. The number of hydrogen-bond donors (Lipinski definition) is 0. The van der Waals surface area contributed by atoms with Gasteiger partial charge in [-0.05, 0) is 61.2 Å². The van der Waals surface area contributed by atoms with Crippen molar-refractivity contribution < 1.29 is 22.4 Å². The summed E-state index contributed by atoms with van der Waals surface area (Å²) in [6.45, 7) is 0.228. The first-order chi connectivity index (χ1) is 16.4. The van der Waals surface area contributed by atoms with Crippen molar-refractivity contribution in [3.8, 4) is 5.75 Å². The first kappa shape index (κ1) is 24.3. The number of anilines is 1. The zero-order valence-corrected chi connectivity index (χ0v) is 21.2. The van der Waals surface area contributed by atoms with E-state index in [4.69, 9.17) is 14.1 Å². The van der Waals surface area contributed by atoms with Crippen molar-refractivity contribution in [1.29, 1.82) is 0 Å². The zero-order valence-electron chi connectivity index (χ0n) is 18.8. The van der Waals surface area contributed by atoms with E-state index in [1.807, 2.05) is 24.5 Å². The van der Waals surface area contributed by atoms with Gasteiger partial charge >= 0.3 is 0 Å². The van der Waals surface area contributed by atoms with Gasteiger partial charge in [-0.1, -0.05) is 17.4 Å². The van der Waals surface area contributed by atoms with Gasteiger partial charge in [0, 0.05) is 11.3 Å². The van der Waals surface area contributed by atoms with Crippen LogP contribution in [0.1, 0.15) is 18.6 Å². The lowest BCUT2D eigenvalue weighted by atomic mass is 10.3. The third-order valence-corrected chi connectivity index (χ3v) is 8.87. The minimum atomic E-state index is -3.51. The van der Waals surface area contributed by atoms with Crippen LogP contribution in [-0.4, -0.2) is 38.4 Å². The SMILES string of the molecule is COc1ccc(S(=O)(=O)CCCC(=O)N(Cc2ccco2)c2nc3c(SC)cccc3s2)cc1. The van der Waals surface area contributed by atoms with Crippen molar-refractivity contribution >= 4 is 54.2 Å². The van der Waals surface area contributed by atoms with Crippen LogP contribution in [0.3, 0.4) is 0 Å². The average Bonchev–Trinajstić information content (AvgIpc) is 3.51. The maximum absolute atomic E-state index is 13.2. The van der Waals surface area contributed by atoms with Gasteiger partial charge in [-0.3, -0.25) is 9.69 Å². The number of ether oxygens (including phenoxy) is 1. The highest BCUT2D eigenvalue weighted by Gasteiger charge is 2.23. The summed E-state index contributed by atoms with van der Waals surface area (Å²) in [6, 6.07) is 15.8. The topological polar surface area (TPSA) is 89.7 Å². The van der Waals surface area contributed by atoms with Crippen molar-refractivity contribution in [1.82, 2.24) is 4.98 Å². The van der Waals surface area contributed by atoms with E-state index in [2.05, 4.69) is 0 Å². The number of carbonyl (C=O) groups is 1. The normalized spacial score (nSPS) is 11.6. The molecule has 4 aromatic rings. The largest absolute Gasteiger partial charge is 0.497 e. The molecule has 4 rings (SSSR count). The fourth-order valence-corrected chi connectivity index (χ4v) is 6.41. The van der Waals surface area contributed by atoms with Crippen LogP contribution in [0.2, 0.25) is 0 Å². The standard InChI is InChI=1S/C24H24N2O5S3/c1-30-17-10-12-19(13-11-17)34(28,29)15-5-9-22(27)26(16-18-6-4-14-31-18)24-25-23-20(32-2)7-3-8-21(23)33-24/h3-4,6-8,10-14H,5,9,15-16H2,1-2H3. The fraction of sp³-hybridized carbons (Fsp3) is 0.250. The summed E-state index contributed by atoms with van der Waals surface area (Å²) in [6.07, 6.45) is 3.82. The first-order valence-electron chi connectivity index (χ1n) is 10.5. The molecule has 0 atom stereocenters. The van der Waals surface area contributed by atoms with Crippen molar-refractivity contribution in [2.45, 2.75) is 29.2 Å². The molecule has 2 heterocycles. The highest BCUT2D eigenvalue weighted by Crippen LogP contribution is 2.35. The molecule has 7 nitrogen and oxygen atoms in total. The number of hydrogen-bond acceptors (Lipinski definition) is 8. The average molecular weight is 517 g/mol. The third-order valence-electron chi connectivity index (χ3n) is 5.24. The number of furan rings is 1. The summed E-state index contributed by atoms with van der Waals surface area (Å²) in [5, 5.41) is 0.566. The fourth-order valence-electron chi connectivity index (χ4n) is 3.46. The molecular weight excluding hydrogens is 492 g/mol. The Morgan fingerprint density at radius 2 is 1.94 bits per heavy atom. The third kappa shape index (κ3) is 5.45. The predicted molar refractivity (Wildman–Crippen MR) is 136 cm³/mol. The van der Waals surface area contributed by atoms with E-state index >= 15 is 0 Å². The minimum Gasteiger partial charge on any atom is -0.497 e. The number of rotatable bonds is 10. The number of methoxy groups -OCH3 is 1. The van der Waals surface area contributed by atoms with Crippen LogP contribution in [0.5, 0.6) is 5.75 Å². The molecule has 0 aliphatic carbocycles. The van der Waals surface area contributed by atoms with Crippen LogP contribution in [0, 0.1) is 0 Å². The smallest absolute Gasteiger partial charge is 0.229 e. The molecule has 1 amide bonds. The highest BCUT2D eigenvalue weighted by molar-refractivity contribution is 7.98. The zero-order chi connectivity index (χ0) is 24.1. The second-order valence-corrected chi connectivity index (χ2v) is 11.4. The molecule has 2 aromatic carbocycles. The van der Waals surface area contributed by atoms with Gasteiger partial charge < -0.3 is 9.15 Å². The van der Waals surface area contributed by atoms with Crippen LogP contribution in [-0.2, 0) is 21.2 Å². The summed E-state index contributed by atoms with van der Waals surface area (Å²) < 4.78 is 36.9. The number of fused-ring (bicyclic) bond motifs is 1. The summed E-state index contributed by atoms with van der Waals surface area (Å²) in [4.78, 5) is 20.8. The van der Waals surface area contributed by atoms with Gasteiger partial charge in [0.25, 0.3) is 0 Å². The van der Waals surface area contributed by atoms with E-state index in [-0.39, 0.29) is 35.9 Å². The van der Waals surface area contributed by atoms with Gasteiger partial charge in [-0.15, -0.1) is 11.8 Å². The van der Waals surface area contributed by atoms with E-state index in [0.717, 1.165) is 15.1 Å². The van der Waals surface area contributed by atoms with Gasteiger partial charge in [-0.25, -0.2) is 13.4 Å². The molecule has 2 aromatic heterocycles. The second kappa shape index (κ2) is 10.6. The monoisotopic (exact) mass is 516 g/mol. The van der Waals surface area contributed by atoms with Gasteiger partial charge in [0.1, 0.15) is 11.5 Å². The van der Waals surface area contributed by atoms with Gasteiger partial charge in [0.05, 0.1) is 40.8 Å². The van der Waals surface area contributed by atoms with E-state index in [9.17, 15) is 13.2 Å². The van der Waals surface area contributed by atoms with Crippen LogP contribution >= 0.6 is 23.1 Å². The van der Waals surface area contributed by atoms with Gasteiger partial charge in [0.15, 0.2) is 15.0 Å². The molecule has 0 saturated carbocycles. The van der Waals surface area contributed by atoms with E-state index in [1.54, 1.807) is 47.2 Å². The number of carbonyl (C=O) groups excluding carboxylic acids is 1. The molecule has 0 N–H and O–H groups in total. The molecule has 10 heteroatoms. The van der Waals surface area contributed by atoms with Crippen molar-refractivity contribution in [2.75, 3.05) is 24.0 Å². The Bertz CT molecular complexity index is 1360. The summed E-state index contributed by atoms with van der Waals surface area (Å²) >= 11 is 3.03. The molecule has 0 aliphatic heterocycles. The summed E-state index contributed by atoms with van der Waals surface area (Å²) in [5.41, 5.74) is 0.856. The van der Waals surface area contributed by atoms with E-state index < -0.39 is 9.84 Å². The van der Waals surface area contributed by atoms with E-state index in [1.165, 1.54) is 30.6 Å². The minimum absolute atomic E-state index is 0.0708. The molecule has 0 spiro atoms. The second-order valence-electron chi connectivity index (χ2n) is 7.46. The van der Waals surface area contributed by atoms with Crippen LogP contribution in [0.4, 0.5) is 5.13 Å². The lowest BCUT2D eigenvalue weighted by molar-refractivity contribution is -0.118. The van der Waals surface area contributed by atoms with Crippen LogP contribution in [0.15, 0.2) is 75.1 Å². The van der Waals surface area contributed by atoms with Gasteiger partial charge in [-0.2, -0.15) is 0 Å². The Kier molecular flexibility index (Phi) is 7.60. The Hall–Kier alpha value is -2.82. The van der Waals surface area contributed by atoms with Crippen molar-refractivity contribution in [3.63, 3.8) is 0 Å². The molecule has 0 unspecified atom stereocenters. The Labute approximate surface area is 206 Å². The van der Waals surface area contributed by atoms with Gasteiger partial charge in [0.2, 0.25) is 5.91 Å². The Balaban J connectivity index is 1.51. The molecule has 0 bridgehead atoms. The number of amides is 1. The first-order valence-corrected chi connectivity index (χ1v) is 14.2. The predicted octanol–water partition coefficient (Wildman–Crippen LogP) is 5.41. The summed E-state index contributed by atoms with van der Waals surface area (Å²) in [7, 11) is -1.99. The number of thioether (sulfide) groups is 1. The number of nitrogens with zero attached hydrogens (tertiary/aromatic N) is 2. The molecule has 0 fully saturated rings. The lowest BCUT2D eigenvalue weighted by Crippen LogP contribution is -2.30. The van der Waals surface area contributed by atoms with E-state index in [0.29, 0.717) is 16.6 Å². The molecule has 178 valence electrons. The molecular formula is C24H24N2O5S3. The van der Waals surface area contributed by atoms with Crippen LogP contribution in [0.25, 0.3) is 10.2 Å². The van der Waals surface area contributed by atoms with Crippen LogP contribution < -0.4 is 9.64 Å². The lowest BCUT2D eigenvalue weighted by Gasteiger charge is -2.18. The number of sulfone groups is 1. The quantitative estimate of drug-likeness (QED) is 0.260. The Morgan fingerprint density at radius 1 is 1.15 bits per heavy atom. The highest BCUT2D eigenvalue weighted by atomic mass is 32.2. The number of thiazole rings is 1. The number of benzene rings is 2. The maximum Gasteiger partial charge on any atom is 0.229 e. The molecule has 0 saturated heterocycles. The van der Waals surface area contributed by atoms with Crippen molar-refractivity contribution in [2.24, 2.45) is 0 Å². The number of para-hydroxylation sites is 1. The molecule has 0 aliphatic rings. The summed E-state index contributed by atoms with van der Waals surface area (Å²) in [5.74, 6) is 0.883. The maximum atomic E-state index is 13.2. The Morgan fingerprint density at radius 3 is 2.62 bits per heavy atom. The number of aromatic nitrogens is 1. The molecule has 34 heavy (non-hydrogen) atoms.